The van der Waals surface area contributed by atoms with Gasteiger partial charge in [-0.2, -0.15) is 0 Å². The number of carboxylic acid groups (broad SMARTS) is 1. The fourth-order valence-corrected chi connectivity index (χ4v) is 5.79. The third-order valence-electron chi connectivity index (χ3n) is 8.55. The first-order chi connectivity index (χ1) is 21.7. The number of aliphatic hydroxyl groups excluding tert-OH is 1. The Labute approximate surface area is 273 Å². The molecule has 6 atom stereocenters. The van der Waals surface area contributed by atoms with Gasteiger partial charge in [-0.1, -0.05) is 53.5 Å². The van der Waals surface area contributed by atoms with Crippen molar-refractivity contribution in [2.24, 2.45) is 11.8 Å². The van der Waals surface area contributed by atoms with Crippen molar-refractivity contribution in [3.8, 4) is 0 Å². The molecule has 1 aromatic rings. The Morgan fingerprint density at radius 1 is 0.957 bits per heavy atom. The van der Waals surface area contributed by atoms with Crippen molar-refractivity contribution in [2.75, 3.05) is 5.73 Å². The standard InChI is InChI=1S/C34H55N5O7/c1-6-9-26(37-34(46)32(21(5)7-2)39-29(41)10-8-11-31(43)44)33(45)38-27(16-20(3)4)28(40)19-30(42)36-25-15-13-22-12-14-24(35)17-23(22)18-25/h12,14,17,20-21,25-28,32,40H,6-11,13,15-16,18-19,35H2,1-5H3,(H,36,42)(H,37,46)(H,38,45)(H,39,41)(H,43,44)/t21-,25?,26-,27-,28-,32-/m0/s1. The van der Waals surface area contributed by atoms with E-state index in [0.717, 1.165) is 18.4 Å². The molecule has 46 heavy (non-hydrogen) atoms. The lowest BCUT2D eigenvalue weighted by Gasteiger charge is -2.30. The minimum atomic E-state index is -1.14. The fourth-order valence-electron chi connectivity index (χ4n) is 5.79. The van der Waals surface area contributed by atoms with Gasteiger partial charge >= 0.3 is 5.97 Å². The number of aliphatic hydroxyl groups is 1. The molecule has 8 N–H and O–H groups in total. The van der Waals surface area contributed by atoms with Crippen LogP contribution in [0.3, 0.4) is 0 Å². The number of fused-ring (bicyclic) bond motifs is 1. The summed E-state index contributed by atoms with van der Waals surface area (Å²) < 4.78 is 0. The van der Waals surface area contributed by atoms with E-state index in [1.54, 1.807) is 0 Å². The molecular formula is C34H55N5O7. The number of amides is 4. The number of benzene rings is 1. The first-order valence-electron chi connectivity index (χ1n) is 16.7. The number of nitrogens with one attached hydrogen (secondary N) is 4. The van der Waals surface area contributed by atoms with E-state index in [4.69, 9.17) is 10.8 Å². The summed E-state index contributed by atoms with van der Waals surface area (Å²) in [5.74, 6) is -2.85. The molecule has 0 aromatic heterocycles. The number of carboxylic acids is 1. The molecule has 0 bridgehead atoms. The Morgan fingerprint density at radius 2 is 1.67 bits per heavy atom. The number of hydrogen-bond donors (Lipinski definition) is 7. The maximum absolute atomic E-state index is 13.5. The highest BCUT2D eigenvalue weighted by Crippen LogP contribution is 2.24. The van der Waals surface area contributed by atoms with E-state index in [1.807, 2.05) is 52.8 Å². The molecule has 0 heterocycles. The highest BCUT2D eigenvalue weighted by atomic mass is 16.4. The van der Waals surface area contributed by atoms with E-state index < -0.39 is 47.9 Å². The Hall–Kier alpha value is -3.67. The van der Waals surface area contributed by atoms with Crippen molar-refractivity contribution in [1.29, 1.82) is 0 Å². The van der Waals surface area contributed by atoms with Crippen molar-refractivity contribution in [3.63, 3.8) is 0 Å². The van der Waals surface area contributed by atoms with Gasteiger partial charge in [0.2, 0.25) is 23.6 Å². The van der Waals surface area contributed by atoms with Gasteiger partial charge < -0.3 is 37.2 Å². The van der Waals surface area contributed by atoms with Gasteiger partial charge in [-0.3, -0.25) is 24.0 Å². The van der Waals surface area contributed by atoms with Gasteiger partial charge in [-0.25, -0.2) is 0 Å². The van der Waals surface area contributed by atoms with E-state index in [2.05, 4.69) is 21.3 Å². The molecule has 1 aliphatic carbocycles. The maximum atomic E-state index is 13.5. The molecule has 1 aromatic carbocycles. The number of anilines is 1. The van der Waals surface area contributed by atoms with Crippen molar-refractivity contribution < 1.29 is 34.2 Å². The lowest BCUT2D eigenvalue weighted by Crippen LogP contribution is -2.57. The molecule has 0 aliphatic heterocycles. The first kappa shape index (κ1) is 38.5. The minimum absolute atomic E-state index is 0.0313. The number of carbonyl (C=O) groups is 5. The summed E-state index contributed by atoms with van der Waals surface area (Å²) in [6.07, 6.45) is 2.83. The summed E-state index contributed by atoms with van der Waals surface area (Å²) in [6, 6.07) is 3.21. The van der Waals surface area contributed by atoms with Crippen molar-refractivity contribution in [2.45, 2.75) is 136 Å². The van der Waals surface area contributed by atoms with Crippen LogP contribution in [0.4, 0.5) is 5.69 Å². The lowest BCUT2D eigenvalue weighted by molar-refractivity contribution is -0.137. The molecule has 1 unspecified atom stereocenters. The minimum Gasteiger partial charge on any atom is -0.481 e. The second kappa shape index (κ2) is 19.1. The van der Waals surface area contributed by atoms with Crippen LogP contribution in [0.25, 0.3) is 0 Å². The van der Waals surface area contributed by atoms with E-state index in [9.17, 15) is 29.1 Å². The van der Waals surface area contributed by atoms with Crippen LogP contribution in [0.2, 0.25) is 0 Å². The Morgan fingerprint density at radius 3 is 2.30 bits per heavy atom. The molecule has 4 amide bonds. The van der Waals surface area contributed by atoms with E-state index in [1.165, 1.54) is 5.56 Å². The Balaban J connectivity index is 2.04. The van der Waals surface area contributed by atoms with Gasteiger partial charge in [0.25, 0.3) is 0 Å². The number of aliphatic carboxylic acids is 1. The molecular weight excluding hydrogens is 590 g/mol. The van der Waals surface area contributed by atoms with Crippen LogP contribution < -0.4 is 27.0 Å². The molecule has 0 radical (unpaired) electrons. The molecule has 12 heteroatoms. The van der Waals surface area contributed by atoms with Crippen molar-refractivity contribution in [1.82, 2.24) is 21.3 Å². The summed E-state index contributed by atoms with van der Waals surface area (Å²) in [6.45, 7) is 9.50. The van der Waals surface area contributed by atoms with E-state index >= 15 is 0 Å². The zero-order chi connectivity index (χ0) is 34.4. The van der Waals surface area contributed by atoms with Crippen molar-refractivity contribution >= 4 is 35.3 Å². The molecule has 0 saturated heterocycles. The number of rotatable bonds is 19. The Kier molecular flexibility index (Phi) is 16.0. The molecule has 12 nitrogen and oxygen atoms in total. The van der Waals surface area contributed by atoms with Crippen LogP contribution in [0.1, 0.15) is 104 Å². The summed E-state index contributed by atoms with van der Waals surface area (Å²) in [5.41, 5.74) is 8.95. The van der Waals surface area contributed by atoms with Gasteiger partial charge in [0.05, 0.1) is 18.6 Å². The highest BCUT2D eigenvalue weighted by molar-refractivity contribution is 5.92. The predicted molar refractivity (Wildman–Crippen MR) is 177 cm³/mol. The van der Waals surface area contributed by atoms with Crippen LogP contribution in [-0.2, 0) is 36.8 Å². The third kappa shape index (κ3) is 13.0. The van der Waals surface area contributed by atoms with Gasteiger partial charge in [0, 0.05) is 24.6 Å². The summed E-state index contributed by atoms with van der Waals surface area (Å²) in [4.78, 5) is 63.1. The molecule has 0 fully saturated rings. The fraction of sp³-hybridized carbons (Fsp3) is 0.676. The van der Waals surface area contributed by atoms with Crippen LogP contribution in [0.5, 0.6) is 0 Å². The van der Waals surface area contributed by atoms with Crippen LogP contribution in [0.15, 0.2) is 18.2 Å². The number of carbonyl (C=O) groups excluding carboxylic acids is 4. The van der Waals surface area contributed by atoms with Gasteiger partial charge in [0.1, 0.15) is 12.1 Å². The summed E-state index contributed by atoms with van der Waals surface area (Å²) in [5, 5.41) is 31.4. The van der Waals surface area contributed by atoms with Crippen molar-refractivity contribution in [3.05, 3.63) is 29.3 Å². The third-order valence-corrected chi connectivity index (χ3v) is 8.55. The summed E-state index contributed by atoms with van der Waals surface area (Å²) >= 11 is 0. The van der Waals surface area contributed by atoms with E-state index in [-0.39, 0.29) is 49.5 Å². The van der Waals surface area contributed by atoms with Crippen LogP contribution >= 0.6 is 0 Å². The largest absolute Gasteiger partial charge is 0.481 e. The second-order valence-corrected chi connectivity index (χ2v) is 13.1. The zero-order valence-electron chi connectivity index (χ0n) is 28.1. The SMILES string of the molecule is CCC[C@H](NC(=O)[C@@H](NC(=O)CCCC(=O)O)[C@@H](C)CC)C(=O)N[C@@H](CC(C)C)[C@@H](O)CC(=O)NC1CCc2ccc(N)cc2C1. The first-order valence-corrected chi connectivity index (χ1v) is 16.7. The molecule has 0 saturated carbocycles. The summed E-state index contributed by atoms with van der Waals surface area (Å²) in [7, 11) is 0. The highest BCUT2D eigenvalue weighted by Gasteiger charge is 2.32. The average molecular weight is 646 g/mol. The molecule has 0 spiro atoms. The average Bonchev–Trinajstić information content (AvgIpc) is 2.98. The smallest absolute Gasteiger partial charge is 0.303 e. The monoisotopic (exact) mass is 645 g/mol. The number of nitrogens with two attached hydrogens (primary N) is 1. The van der Waals surface area contributed by atoms with E-state index in [0.29, 0.717) is 37.8 Å². The van der Waals surface area contributed by atoms with Gasteiger partial charge in [-0.05, 0) is 73.6 Å². The Bertz CT molecular complexity index is 1190. The van der Waals surface area contributed by atoms with Gasteiger partial charge in [-0.15, -0.1) is 0 Å². The van der Waals surface area contributed by atoms with Gasteiger partial charge in [0.15, 0.2) is 0 Å². The van der Waals surface area contributed by atoms with Crippen LogP contribution in [0, 0.1) is 11.8 Å². The predicted octanol–water partition coefficient (Wildman–Crippen LogP) is 2.59. The second-order valence-electron chi connectivity index (χ2n) is 13.1. The molecule has 258 valence electrons. The topological polar surface area (TPSA) is 200 Å². The zero-order valence-corrected chi connectivity index (χ0v) is 28.1. The molecule has 1 aliphatic rings. The van der Waals surface area contributed by atoms with Crippen LogP contribution in [-0.4, -0.2) is 70.1 Å². The quantitative estimate of drug-likeness (QED) is 0.111. The molecule has 2 rings (SSSR count). The number of aryl methyl sites for hydroxylation is 1. The number of nitrogen functional groups attached to an aromatic ring is 1. The number of hydrogen-bond acceptors (Lipinski definition) is 7. The normalized spacial score (nSPS) is 17.5. The lowest BCUT2D eigenvalue weighted by atomic mass is 9.88. The maximum Gasteiger partial charge on any atom is 0.303 e.